The van der Waals surface area contributed by atoms with Crippen LogP contribution in [0.2, 0.25) is 10.0 Å². The highest BCUT2D eigenvalue weighted by Crippen LogP contribution is 2.38. The topological polar surface area (TPSA) is 138 Å². The number of nitro benzene ring substituents is 1. The number of benzene rings is 2. The summed E-state index contributed by atoms with van der Waals surface area (Å²) in [5, 5.41) is 15.7. The highest BCUT2D eigenvalue weighted by Gasteiger charge is 2.36. The van der Waals surface area contributed by atoms with Crippen LogP contribution < -0.4 is 9.80 Å². The summed E-state index contributed by atoms with van der Waals surface area (Å²) in [4.78, 5) is 19.1. The van der Waals surface area contributed by atoms with Crippen molar-refractivity contribution in [3.8, 4) is 0 Å². The van der Waals surface area contributed by atoms with Gasteiger partial charge in [0.2, 0.25) is 0 Å². The first-order valence-corrected chi connectivity index (χ1v) is 11.1. The van der Waals surface area contributed by atoms with Gasteiger partial charge < -0.3 is 9.87 Å². The summed E-state index contributed by atoms with van der Waals surface area (Å²) >= 11 is 12.4. The number of nitrogens with one attached hydrogen (secondary N) is 1. The van der Waals surface area contributed by atoms with Crippen LogP contribution in [0, 0.1) is 10.1 Å². The molecule has 1 aromatic heterocycles. The van der Waals surface area contributed by atoms with Crippen molar-refractivity contribution in [1.29, 1.82) is 0 Å². The van der Waals surface area contributed by atoms with Gasteiger partial charge in [-0.2, -0.15) is 13.2 Å². The molecule has 3 aromatic rings. The van der Waals surface area contributed by atoms with Crippen LogP contribution in [0.4, 0.5) is 36.1 Å². The van der Waals surface area contributed by atoms with Crippen molar-refractivity contribution < 1.29 is 31.1 Å². The summed E-state index contributed by atoms with van der Waals surface area (Å²) in [5.41, 5.74) is -3.49. The first-order valence-electron chi connectivity index (χ1n) is 8.91. The quantitative estimate of drug-likeness (QED) is 0.163. The van der Waals surface area contributed by atoms with Crippen LogP contribution in [0.15, 0.2) is 36.7 Å². The number of quaternary nitrogens is 1. The van der Waals surface area contributed by atoms with E-state index < -0.39 is 20.5 Å². The van der Waals surface area contributed by atoms with Crippen molar-refractivity contribution in [3.63, 3.8) is 0 Å². The number of nitro groups is 1. The summed E-state index contributed by atoms with van der Waals surface area (Å²) in [6.45, 7) is 0. The van der Waals surface area contributed by atoms with Gasteiger partial charge >= 0.3 is 5.51 Å². The molecular weight excluding hydrogens is 526 g/mol. The number of rotatable bonds is 4. The Bertz CT molecular complexity index is 1350. The van der Waals surface area contributed by atoms with E-state index in [4.69, 9.17) is 36.2 Å². The molecule has 3 rings (SSSR count). The monoisotopic (exact) mass is 541 g/mol. The SMILES string of the molecule is C[N+](C)(C)c1cc(Cl)c(Cl)cc1Nc1ncnc2ccc([N+](=O)[O-])cc12.O=S(=O)([O-])C(F)(F)F. The molecule has 16 heteroatoms. The molecular formula is C18H16Cl2F3N5O5S. The molecule has 0 fully saturated rings. The Morgan fingerprint density at radius 2 is 1.62 bits per heavy atom. The van der Waals surface area contributed by atoms with Crippen LogP contribution in [-0.2, 0) is 10.1 Å². The van der Waals surface area contributed by atoms with E-state index in [9.17, 15) is 23.3 Å². The maximum Gasteiger partial charge on any atom is 0.485 e. The average molecular weight is 542 g/mol. The number of anilines is 2. The normalized spacial score (nSPS) is 12.1. The Morgan fingerprint density at radius 1 is 1.06 bits per heavy atom. The lowest BCUT2D eigenvalue weighted by Crippen LogP contribution is -2.35. The third-order valence-electron chi connectivity index (χ3n) is 4.13. The number of non-ortho nitro benzene ring substituents is 1. The van der Waals surface area contributed by atoms with Crippen molar-refractivity contribution >= 4 is 67.1 Å². The zero-order valence-electron chi connectivity index (χ0n) is 17.6. The van der Waals surface area contributed by atoms with E-state index >= 15 is 0 Å². The van der Waals surface area contributed by atoms with Gasteiger partial charge in [0.05, 0.1) is 41.6 Å². The summed E-state index contributed by atoms with van der Waals surface area (Å²) in [6, 6.07) is 7.96. The van der Waals surface area contributed by atoms with Gasteiger partial charge in [-0.25, -0.2) is 18.4 Å². The molecule has 2 aromatic carbocycles. The average Bonchev–Trinajstić information content (AvgIpc) is 2.68. The number of fused-ring (bicyclic) bond motifs is 1. The van der Waals surface area contributed by atoms with Gasteiger partial charge in [-0.15, -0.1) is 0 Å². The van der Waals surface area contributed by atoms with Gasteiger partial charge in [-0.3, -0.25) is 14.6 Å². The Kier molecular flexibility index (Phi) is 7.94. The Balaban J connectivity index is 0.000000440. The first-order chi connectivity index (χ1) is 15.4. The molecule has 1 N–H and O–H groups in total. The molecule has 0 radical (unpaired) electrons. The fraction of sp³-hybridized carbons (Fsp3) is 0.222. The minimum Gasteiger partial charge on any atom is -0.741 e. The fourth-order valence-electron chi connectivity index (χ4n) is 2.58. The molecule has 0 unspecified atom stereocenters. The highest BCUT2D eigenvalue weighted by atomic mass is 35.5. The van der Waals surface area contributed by atoms with Gasteiger partial charge in [-0.1, -0.05) is 23.2 Å². The standard InChI is InChI=1S/C17H16Cl2N5O2.CHF3O3S/c1-24(2,3)16-8-13(19)12(18)7-15(16)22-17-11-6-10(23(25)26)4-5-14(11)20-9-21-17;2-1(3,4)8(5,6)7/h4-9H,1-3H3,(H,20,21,22);(H,5,6,7)/q+1;/p-1. The molecule has 0 amide bonds. The maximum absolute atomic E-state index is 11.1. The number of halogens is 5. The summed E-state index contributed by atoms with van der Waals surface area (Å²) in [5.74, 6) is 0.451. The van der Waals surface area contributed by atoms with Crippen molar-refractivity contribution in [1.82, 2.24) is 14.5 Å². The lowest BCUT2D eigenvalue weighted by atomic mass is 10.2. The Hall–Kier alpha value is -2.78. The molecule has 0 aliphatic carbocycles. The minimum absolute atomic E-state index is 0.0312. The molecule has 0 spiro atoms. The van der Waals surface area contributed by atoms with Gasteiger partial charge in [0.1, 0.15) is 17.8 Å². The predicted molar refractivity (Wildman–Crippen MR) is 121 cm³/mol. The van der Waals surface area contributed by atoms with Crippen LogP contribution in [0.3, 0.4) is 0 Å². The van der Waals surface area contributed by atoms with E-state index in [1.54, 1.807) is 18.2 Å². The van der Waals surface area contributed by atoms with Crippen molar-refractivity contribution in [3.05, 3.63) is 56.8 Å². The van der Waals surface area contributed by atoms with E-state index in [1.165, 1.54) is 18.5 Å². The number of hydrogen-bond acceptors (Lipinski definition) is 8. The second kappa shape index (κ2) is 9.84. The second-order valence-corrected chi connectivity index (χ2v) is 9.69. The molecule has 1 heterocycles. The van der Waals surface area contributed by atoms with Crippen LogP contribution in [0.5, 0.6) is 0 Å². The molecule has 184 valence electrons. The highest BCUT2D eigenvalue weighted by molar-refractivity contribution is 7.86. The molecule has 10 nitrogen and oxygen atoms in total. The van der Waals surface area contributed by atoms with Crippen LogP contribution in [0.25, 0.3) is 10.9 Å². The lowest BCUT2D eigenvalue weighted by molar-refractivity contribution is -0.384. The smallest absolute Gasteiger partial charge is 0.485 e. The number of alkyl halides is 3. The van der Waals surface area contributed by atoms with Crippen LogP contribution >= 0.6 is 23.2 Å². The number of nitrogens with zero attached hydrogens (tertiary/aromatic N) is 4. The molecule has 0 saturated carbocycles. The first kappa shape index (κ1) is 27.5. The van der Waals surface area contributed by atoms with Crippen molar-refractivity contribution in [2.45, 2.75) is 5.51 Å². The maximum atomic E-state index is 11.1. The van der Waals surface area contributed by atoms with E-state index in [-0.39, 0.29) is 5.69 Å². The number of aromatic nitrogens is 2. The predicted octanol–water partition coefficient (Wildman–Crippen LogP) is 4.84. The molecule has 0 saturated heterocycles. The largest absolute Gasteiger partial charge is 0.741 e. The zero-order valence-corrected chi connectivity index (χ0v) is 19.9. The van der Waals surface area contributed by atoms with Crippen molar-refractivity contribution in [2.24, 2.45) is 0 Å². The van der Waals surface area contributed by atoms with Gasteiger partial charge in [0.15, 0.2) is 15.8 Å². The lowest BCUT2D eigenvalue weighted by Gasteiger charge is -2.26. The Morgan fingerprint density at radius 3 is 2.12 bits per heavy atom. The third-order valence-corrected chi connectivity index (χ3v) is 5.42. The summed E-state index contributed by atoms with van der Waals surface area (Å²) < 4.78 is 59.4. The Labute approximate surface area is 201 Å². The zero-order chi connectivity index (χ0) is 26.1. The van der Waals surface area contributed by atoms with E-state index in [1.807, 2.05) is 21.1 Å². The molecule has 0 atom stereocenters. The summed E-state index contributed by atoms with van der Waals surface area (Å²) in [7, 11) is -0.109. The minimum atomic E-state index is -6.09. The van der Waals surface area contributed by atoms with E-state index in [0.717, 1.165) is 5.69 Å². The van der Waals surface area contributed by atoms with Gasteiger partial charge in [0, 0.05) is 23.6 Å². The summed E-state index contributed by atoms with van der Waals surface area (Å²) in [6.07, 6.45) is 1.40. The third kappa shape index (κ3) is 6.64. The van der Waals surface area contributed by atoms with E-state index in [0.29, 0.717) is 36.9 Å². The van der Waals surface area contributed by atoms with Gasteiger partial charge in [-0.05, 0) is 12.1 Å². The second-order valence-electron chi connectivity index (χ2n) is 7.50. The number of hydrogen-bond donors (Lipinski definition) is 1. The van der Waals surface area contributed by atoms with Crippen molar-refractivity contribution in [2.75, 3.05) is 26.5 Å². The van der Waals surface area contributed by atoms with Crippen LogP contribution in [-0.4, -0.2) is 54.5 Å². The van der Waals surface area contributed by atoms with E-state index in [2.05, 4.69) is 15.3 Å². The van der Waals surface area contributed by atoms with Gasteiger partial charge in [0.25, 0.3) is 5.69 Å². The molecule has 0 bridgehead atoms. The fourth-order valence-corrected chi connectivity index (χ4v) is 2.90. The van der Waals surface area contributed by atoms with Crippen LogP contribution in [0.1, 0.15) is 0 Å². The molecule has 0 aliphatic heterocycles. The molecule has 0 aliphatic rings. The molecule has 34 heavy (non-hydrogen) atoms.